The van der Waals surface area contributed by atoms with Crippen LogP contribution in [0.4, 0.5) is 0 Å². The molecule has 0 aliphatic carbocycles. The van der Waals surface area contributed by atoms with Crippen LogP contribution in [-0.4, -0.2) is 10.2 Å². The fraction of sp³-hybridized carbons (Fsp3) is 0.500. The topological polar surface area (TPSA) is 25.8 Å². The highest BCUT2D eigenvalue weighted by Crippen LogP contribution is 2.35. The molecule has 2 aromatic heterocycles. The third-order valence-electron chi connectivity index (χ3n) is 2.69. The van der Waals surface area contributed by atoms with Gasteiger partial charge in [-0.05, 0) is 19.4 Å². The molecule has 0 aromatic carbocycles. The Hall–Kier alpha value is -0.960. The molecule has 0 aliphatic heterocycles. The van der Waals surface area contributed by atoms with Crippen LogP contribution in [0.15, 0.2) is 6.20 Å². The van der Waals surface area contributed by atoms with Crippen molar-refractivity contribution in [3.05, 3.63) is 22.3 Å². The molecule has 0 saturated heterocycles. The van der Waals surface area contributed by atoms with Crippen molar-refractivity contribution >= 4 is 21.4 Å². The smallest absolute Gasteiger partial charge is 0.0773 e. The van der Waals surface area contributed by atoms with Crippen molar-refractivity contribution in [3.63, 3.8) is 0 Å². The lowest BCUT2D eigenvalue weighted by Crippen LogP contribution is -2.14. The Morgan fingerprint density at radius 2 is 1.87 bits per heavy atom. The van der Waals surface area contributed by atoms with E-state index in [-0.39, 0.29) is 5.41 Å². The minimum atomic E-state index is 0.0603. The summed E-state index contributed by atoms with van der Waals surface area (Å²) in [6.45, 7) is 10.9. The lowest BCUT2D eigenvalue weighted by atomic mass is 9.89. The fourth-order valence-corrected chi connectivity index (χ4v) is 2.79. The number of nitrogens with zero attached hydrogens (tertiary/aromatic N) is 2. The maximum atomic E-state index is 4.31. The van der Waals surface area contributed by atoms with E-state index in [1.807, 2.05) is 6.20 Å². The maximum Gasteiger partial charge on any atom is 0.0773 e. The standard InChI is InChI=1S/C12H16N2S/c1-7-8(2)15-9-6-13-14-11(10(7)9)12(3,4)5/h6H,1-5H3. The Morgan fingerprint density at radius 1 is 1.20 bits per heavy atom. The van der Waals surface area contributed by atoms with E-state index in [4.69, 9.17) is 0 Å². The molecule has 0 bridgehead atoms. The van der Waals surface area contributed by atoms with Crippen molar-refractivity contribution in [3.8, 4) is 0 Å². The summed E-state index contributed by atoms with van der Waals surface area (Å²) in [6.07, 6.45) is 1.87. The first-order chi connectivity index (χ1) is 6.91. The predicted molar refractivity (Wildman–Crippen MR) is 65.6 cm³/mol. The Bertz CT molecular complexity index is 506. The van der Waals surface area contributed by atoms with E-state index in [0.717, 1.165) is 5.69 Å². The zero-order valence-electron chi connectivity index (χ0n) is 9.88. The molecule has 15 heavy (non-hydrogen) atoms. The van der Waals surface area contributed by atoms with Gasteiger partial charge in [-0.1, -0.05) is 20.8 Å². The van der Waals surface area contributed by atoms with Crippen molar-refractivity contribution < 1.29 is 0 Å². The van der Waals surface area contributed by atoms with Crippen molar-refractivity contribution in [2.24, 2.45) is 0 Å². The molecule has 80 valence electrons. The number of thiophene rings is 1. The second-order valence-electron chi connectivity index (χ2n) is 4.97. The molecule has 0 radical (unpaired) electrons. The van der Waals surface area contributed by atoms with Crippen LogP contribution in [0, 0.1) is 13.8 Å². The summed E-state index contributed by atoms with van der Waals surface area (Å²) < 4.78 is 1.25. The Labute approximate surface area is 94.4 Å². The molecule has 2 rings (SSSR count). The van der Waals surface area contributed by atoms with Gasteiger partial charge in [-0.25, -0.2) is 0 Å². The molecule has 0 aliphatic rings. The van der Waals surface area contributed by atoms with Gasteiger partial charge in [-0.15, -0.1) is 11.3 Å². The first-order valence-corrected chi connectivity index (χ1v) is 5.95. The summed E-state index contributed by atoms with van der Waals surface area (Å²) >= 11 is 1.81. The maximum absolute atomic E-state index is 4.31. The van der Waals surface area contributed by atoms with Gasteiger partial charge >= 0.3 is 0 Å². The lowest BCUT2D eigenvalue weighted by Gasteiger charge is -2.18. The van der Waals surface area contributed by atoms with Crippen molar-refractivity contribution in [2.45, 2.75) is 40.0 Å². The first kappa shape index (κ1) is 10.6. The van der Waals surface area contributed by atoms with Gasteiger partial charge in [0.1, 0.15) is 0 Å². The first-order valence-electron chi connectivity index (χ1n) is 5.13. The summed E-state index contributed by atoms with van der Waals surface area (Å²) in [5.74, 6) is 0. The minimum Gasteiger partial charge on any atom is -0.157 e. The molecular formula is C12H16N2S. The molecule has 0 N–H and O–H groups in total. The molecule has 0 fully saturated rings. The molecule has 2 heterocycles. The molecule has 3 heteroatoms. The zero-order chi connectivity index (χ0) is 11.2. The predicted octanol–water partition coefficient (Wildman–Crippen LogP) is 3.61. The molecule has 0 saturated carbocycles. The minimum absolute atomic E-state index is 0.0603. The molecule has 0 spiro atoms. The van der Waals surface area contributed by atoms with Crippen LogP contribution in [-0.2, 0) is 5.41 Å². The van der Waals surface area contributed by atoms with Crippen LogP contribution in [0.25, 0.3) is 10.1 Å². The van der Waals surface area contributed by atoms with Crippen LogP contribution in [0.2, 0.25) is 0 Å². The van der Waals surface area contributed by atoms with Gasteiger partial charge in [0, 0.05) is 15.7 Å². The van der Waals surface area contributed by atoms with Gasteiger partial charge in [0.15, 0.2) is 0 Å². The highest BCUT2D eigenvalue weighted by atomic mass is 32.1. The van der Waals surface area contributed by atoms with Crippen molar-refractivity contribution in [1.82, 2.24) is 10.2 Å². The number of hydrogen-bond acceptors (Lipinski definition) is 3. The third kappa shape index (κ3) is 1.65. The van der Waals surface area contributed by atoms with E-state index in [0.29, 0.717) is 0 Å². The van der Waals surface area contributed by atoms with E-state index in [1.54, 1.807) is 11.3 Å². The quantitative estimate of drug-likeness (QED) is 0.678. The molecular weight excluding hydrogens is 204 g/mol. The largest absolute Gasteiger partial charge is 0.157 e. The number of aromatic nitrogens is 2. The zero-order valence-corrected chi connectivity index (χ0v) is 10.7. The van der Waals surface area contributed by atoms with E-state index >= 15 is 0 Å². The molecule has 0 amide bonds. The van der Waals surface area contributed by atoms with Gasteiger partial charge in [0.2, 0.25) is 0 Å². The summed E-state index contributed by atoms with van der Waals surface area (Å²) in [5.41, 5.74) is 2.53. The Morgan fingerprint density at radius 3 is 2.47 bits per heavy atom. The highest BCUT2D eigenvalue weighted by molar-refractivity contribution is 7.19. The van der Waals surface area contributed by atoms with E-state index in [9.17, 15) is 0 Å². The van der Waals surface area contributed by atoms with Crippen LogP contribution in [0.1, 0.15) is 36.9 Å². The normalized spacial score (nSPS) is 12.3. The van der Waals surface area contributed by atoms with E-state index < -0.39 is 0 Å². The van der Waals surface area contributed by atoms with Crippen LogP contribution in [0.3, 0.4) is 0 Å². The van der Waals surface area contributed by atoms with Crippen molar-refractivity contribution in [2.75, 3.05) is 0 Å². The highest BCUT2D eigenvalue weighted by Gasteiger charge is 2.21. The molecule has 2 aromatic rings. The molecule has 0 unspecified atom stereocenters. The third-order valence-corrected chi connectivity index (χ3v) is 3.83. The van der Waals surface area contributed by atoms with Crippen molar-refractivity contribution in [1.29, 1.82) is 0 Å². The number of fused-ring (bicyclic) bond motifs is 1. The Kier molecular flexibility index (Phi) is 2.30. The number of rotatable bonds is 0. The average molecular weight is 220 g/mol. The lowest BCUT2D eigenvalue weighted by molar-refractivity contribution is 0.566. The molecule has 2 nitrogen and oxygen atoms in total. The second kappa shape index (κ2) is 3.27. The van der Waals surface area contributed by atoms with Gasteiger partial charge in [0.05, 0.1) is 16.6 Å². The van der Waals surface area contributed by atoms with Crippen LogP contribution in [0.5, 0.6) is 0 Å². The van der Waals surface area contributed by atoms with E-state index in [2.05, 4.69) is 44.8 Å². The summed E-state index contributed by atoms with van der Waals surface area (Å²) in [5, 5.41) is 9.71. The van der Waals surface area contributed by atoms with Gasteiger partial charge in [0.25, 0.3) is 0 Å². The SMILES string of the molecule is Cc1sc2cnnc(C(C)(C)C)c2c1C. The number of hydrogen-bond donors (Lipinski definition) is 0. The Balaban J connectivity index is 2.86. The molecule has 0 atom stereocenters. The summed E-state index contributed by atoms with van der Waals surface area (Å²) in [7, 11) is 0. The number of aryl methyl sites for hydroxylation is 2. The van der Waals surface area contributed by atoms with E-state index in [1.165, 1.54) is 20.5 Å². The van der Waals surface area contributed by atoms with Gasteiger partial charge < -0.3 is 0 Å². The van der Waals surface area contributed by atoms with Gasteiger partial charge in [-0.2, -0.15) is 10.2 Å². The van der Waals surface area contributed by atoms with Crippen LogP contribution < -0.4 is 0 Å². The van der Waals surface area contributed by atoms with Gasteiger partial charge in [-0.3, -0.25) is 0 Å². The second-order valence-corrected chi connectivity index (χ2v) is 6.22. The monoisotopic (exact) mass is 220 g/mol. The fourth-order valence-electron chi connectivity index (χ4n) is 1.75. The summed E-state index contributed by atoms with van der Waals surface area (Å²) in [4.78, 5) is 1.37. The summed E-state index contributed by atoms with van der Waals surface area (Å²) in [6, 6.07) is 0. The van der Waals surface area contributed by atoms with Crippen LogP contribution >= 0.6 is 11.3 Å². The average Bonchev–Trinajstić information content (AvgIpc) is 2.41.